The Morgan fingerprint density at radius 2 is 1.82 bits per heavy atom. The summed E-state index contributed by atoms with van der Waals surface area (Å²) in [5.41, 5.74) is -0.755. The number of hydrogen-bond donors (Lipinski definition) is 1. The zero-order valence-electron chi connectivity index (χ0n) is 10.9. The smallest absolute Gasteiger partial charge is 0.229 e. The summed E-state index contributed by atoms with van der Waals surface area (Å²) >= 11 is 0. The molecular formula is C12H22N2O3. The highest BCUT2D eigenvalue weighted by atomic mass is 16.3. The second-order valence-electron chi connectivity index (χ2n) is 5.12. The summed E-state index contributed by atoms with van der Waals surface area (Å²) in [5.74, 6) is -0.149. The monoisotopic (exact) mass is 242 g/mol. The summed E-state index contributed by atoms with van der Waals surface area (Å²) in [6, 6.07) is 0. The van der Waals surface area contributed by atoms with Gasteiger partial charge in [0.2, 0.25) is 11.8 Å². The lowest BCUT2D eigenvalue weighted by Crippen LogP contribution is -2.43. The van der Waals surface area contributed by atoms with Crippen molar-refractivity contribution in [1.82, 2.24) is 9.80 Å². The van der Waals surface area contributed by atoms with Gasteiger partial charge in [-0.3, -0.25) is 19.4 Å². The Balaban J connectivity index is 2.42. The van der Waals surface area contributed by atoms with Crippen LogP contribution in [0.2, 0.25) is 0 Å². The van der Waals surface area contributed by atoms with Crippen molar-refractivity contribution < 1.29 is 14.7 Å². The van der Waals surface area contributed by atoms with Crippen molar-refractivity contribution in [2.24, 2.45) is 0 Å². The summed E-state index contributed by atoms with van der Waals surface area (Å²) < 4.78 is 0. The molecule has 5 heteroatoms. The van der Waals surface area contributed by atoms with Gasteiger partial charge in [0.05, 0.1) is 5.60 Å². The maximum Gasteiger partial charge on any atom is 0.229 e. The Kier molecular flexibility index (Phi) is 4.65. The molecule has 0 spiro atoms. The van der Waals surface area contributed by atoms with E-state index < -0.39 is 5.60 Å². The van der Waals surface area contributed by atoms with Crippen LogP contribution in [0.3, 0.4) is 0 Å². The number of rotatable bonds is 6. The van der Waals surface area contributed by atoms with E-state index in [4.69, 9.17) is 0 Å². The van der Waals surface area contributed by atoms with Gasteiger partial charge < -0.3 is 5.11 Å². The van der Waals surface area contributed by atoms with Crippen LogP contribution in [0.25, 0.3) is 0 Å². The summed E-state index contributed by atoms with van der Waals surface area (Å²) in [6.07, 6.45) is 0.687. The first-order valence-corrected chi connectivity index (χ1v) is 6.11. The number of aliphatic hydroxyl groups is 1. The van der Waals surface area contributed by atoms with Crippen LogP contribution in [0.4, 0.5) is 0 Å². The normalized spacial score (nSPS) is 17.4. The number of carbonyl (C=O) groups excluding carboxylic acids is 2. The number of hydrogen-bond acceptors (Lipinski definition) is 4. The van der Waals surface area contributed by atoms with E-state index in [1.165, 1.54) is 4.90 Å². The first-order chi connectivity index (χ1) is 7.83. The third-order valence-electron chi connectivity index (χ3n) is 2.85. The average Bonchev–Trinajstić information content (AvgIpc) is 2.52. The van der Waals surface area contributed by atoms with Crippen LogP contribution in [-0.4, -0.2) is 58.5 Å². The van der Waals surface area contributed by atoms with Gasteiger partial charge in [-0.15, -0.1) is 0 Å². The Bertz CT molecular complexity index is 281. The summed E-state index contributed by atoms with van der Waals surface area (Å²) in [7, 11) is 0. The fraction of sp³-hybridized carbons (Fsp3) is 0.833. The van der Waals surface area contributed by atoms with E-state index in [9.17, 15) is 14.7 Å². The molecular weight excluding hydrogens is 220 g/mol. The van der Waals surface area contributed by atoms with E-state index in [1.54, 1.807) is 13.8 Å². The summed E-state index contributed by atoms with van der Waals surface area (Å²) in [5, 5.41) is 9.73. The molecule has 17 heavy (non-hydrogen) atoms. The molecule has 1 heterocycles. The molecule has 0 radical (unpaired) electrons. The van der Waals surface area contributed by atoms with Crippen LogP contribution < -0.4 is 0 Å². The van der Waals surface area contributed by atoms with Crippen LogP contribution in [-0.2, 0) is 9.59 Å². The van der Waals surface area contributed by atoms with Crippen molar-refractivity contribution in [3.05, 3.63) is 0 Å². The van der Waals surface area contributed by atoms with E-state index in [0.29, 0.717) is 32.5 Å². The van der Waals surface area contributed by atoms with Gasteiger partial charge >= 0.3 is 0 Å². The molecule has 1 fully saturated rings. The minimum atomic E-state index is -0.755. The SMILES string of the molecule is CCN(CCN1C(=O)CCC1=O)CC(C)(C)O. The lowest BCUT2D eigenvalue weighted by molar-refractivity contribution is -0.138. The summed E-state index contributed by atoms with van der Waals surface area (Å²) in [6.45, 7) is 7.89. The van der Waals surface area contributed by atoms with E-state index in [2.05, 4.69) is 0 Å². The van der Waals surface area contributed by atoms with E-state index in [1.807, 2.05) is 11.8 Å². The van der Waals surface area contributed by atoms with Crippen molar-refractivity contribution in [2.75, 3.05) is 26.2 Å². The fourth-order valence-electron chi connectivity index (χ4n) is 2.01. The highest BCUT2D eigenvalue weighted by molar-refractivity contribution is 6.01. The average molecular weight is 242 g/mol. The van der Waals surface area contributed by atoms with Crippen LogP contribution >= 0.6 is 0 Å². The predicted octanol–water partition coefficient (Wildman–Crippen LogP) is 0.228. The zero-order chi connectivity index (χ0) is 13.1. The third kappa shape index (κ3) is 4.44. The first kappa shape index (κ1) is 14.1. The van der Waals surface area contributed by atoms with Gasteiger partial charge in [0.25, 0.3) is 0 Å². The Labute approximate surface area is 102 Å². The number of likely N-dealkylation sites (N-methyl/N-ethyl adjacent to an activating group) is 1. The molecule has 1 aliphatic heterocycles. The van der Waals surface area contributed by atoms with Crippen molar-refractivity contribution in [1.29, 1.82) is 0 Å². The Hall–Kier alpha value is -0.940. The molecule has 0 aliphatic carbocycles. The van der Waals surface area contributed by atoms with Crippen molar-refractivity contribution >= 4 is 11.8 Å². The molecule has 2 amide bonds. The van der Waals surface area contributed by atoms with Crippen LogP contribution in [0.5, 0.6) is 0 Å². The Morgan fingerprint density at radius 1 is 1.29 bits per heavy atom. The van der Waals surface area contributed by atoms with E-state index in [-0.39, 0.29) is 11.8 Å². The number of nitrogens with zero attached hydrogens (tertiary/aromatic N) is 2. The molecule has 0 bridgehead atoms. The molecule has 1 aliphatic rings. The van der Waals surface area contributed by atoms with Gasteiger partial charge in [-0.25, -0.2) is 0 Å². The highest BCUT2D eigenvalue weighted by Gasteiger charge is 2.29. The molecule has 5 nitrogen and oxygen atoms in total. The lowest BCUT2D eigenvalue weighted by atomic mass is 10.1. The van der Waals surface area contributed by atoms with Gasteiger partial charge in [0.1, 0.15) is 0 Å². The van der Waals surface area contributed by atoms with Gasteiger partial charge in [0.15, 0.2) is 0 Å². The minimum absolute atomic E-state index is 0.0747. The molecule has 1 saturated heterocycles. The largest absolute Gasteiger partial charge is 0.389 e. The third-order valence-corrected chi connectivity index (χ3v) is 2.85. The predicted molar refractivity (Wildman–Crippen MR) is 64.4 cm³/mol. The first-order valence-electron chi connectivity index (χ1n) is 6.11. The van der Waals surface area contributed by atoms with Crippen LogP contribution in [0, 0.1) is 0 Å². The zero-order valence-corrected chi connectivity index (χ0v) is 10.9. The Morgan fingerprint density at radius 3 is 2.24 bits per heavy atom. The van der Waals surface area contributed by atoms with Gasteiger partial charge in [-0.2, -0.15) is 0 Å². The maximum atomic E-state index is 11.4. The van der Waals surface area contributed by atoms with Crippen LogP contribution in [0.1, 0.15) is 33.6 Å². The molecule has 1 rings (SSSR count). The number of likely N-dealkylation sites (tertiary alicyclic amines) is 1. The standard InChI is InChI=1S/C12H22N2O3/c1-4-13(9-12(2,3)17)7-8-14-10(15)5-6-11(14)16/h17H,4-9H2,1-3H3. The molecule has 0 aromatic carbocycles. The number of carbonyl (C=O) groups is 2. The molecule has 0 unspecified atom stereocenters. The number of amides is 2. The van der Waals surface area contributed by atoms with Crippen molar-refractivity contribution in [3.63, 3.8) is 0 Å². The lowest BCUT2D eigenvalue weighted by Gasteiger charge is -2.29. The van der Waals surface area contributed by atoms with E-state index in [0.717, 1.165) is 6.54 Å². The molecule has 98 valence electrons. The van der Waals surface area contributed by atoms with E-state index >= 15 is 0 Å². The fourth-order valence-corrected chi connectivity index (χ4v) is 2.01. The maximum absolute atomic E-state index is 11.4. The second-order valence-corrected chi connectivity index (χ2v) is 5.12. The van der Waals surface area contributed by atoms with Gasteiger partial charge in [-0.1, -0.05) is 6.92 Å². The molecule has 0 aromatic rings. The molecule has 0 saturated carbocycles. The summed E-state index contributed by atoms with van der Waals surface area (Å²) in [4.78, 5) is 26.2. The van der Waals surface area contributed by atoms with Gasteiger partial charge in [-0.05, 0) is 20.4 Å². The van der Waals surface area contributed by atoms with Crippen LogP contribution in [0.15, 0.2) is 0 Å². The second kappa shape index (κ2) is 5.60. The quantitative estimate of drug-likeness (QED) is 0.677. The molecule has 0 atom stereocenters. The molecule has 0 aromatic heterocycles. The highest BCUT2D eigenvalue weighted by Crippen LogP contribution is 2.12. The topological polar surface area (TPSA) is 60.9 Å². The van der Waals surface area contributed by atoms with Gasteiger partial charge in [0, 0.05) is 32.5 Å². The minimum Gasteiger partial charge on any atom is -0.389 e. The van der Waals surface area contributed by atoms with Crippen molar-refractivity contribution in [3.8, 4) is 0 Å². The number of imide groups is 1. The van der Waals surface area contributed by atoms with Crippen molar-refractivity contribution in [2.45, 2.75) is 39.2 Å². The molecule has 1 N–H and O–H groups in total.